The van der Waals surface area contributed by atoms with E-state index in [4.69, 9.17) is 5.11 Å². The fraction of sp³-hybridized carbons (Fsp3) is 0.300. The van der Waals surface area contributed by atoms with E-state index in [-0.39, 0.29) is 18.8 Å². The number of halogens is 1. The van der Waals surface area contributed by atoms with Gasteiger partial charge in [-0.3, -0.25) is 4.79 Å². The van der Waals surface area contributed by atoms with Gasteiger partial charge in [0.15, 0.2) is 0 Å². The number of nitrogens with one attached hydrogen (secondary N) is 1. The lowest BCUT2D eigenvalue weighted by Gasteiger charge is -2.06. The van der Waals surface area contributed by atoms with Crippen LogP contribution in [0.25, 0.3) is 0 Å². The lowest BCUT2D eigenvalue weighted by Crippen LogP contribution is -2.08. The molecular weight excluding hydrogens is 202 g/mol. The Hall–Kier alpha value is -1.22. The van der Waals surface area contributed by atoms with Crippen molar-refractivity contribution in [3.8, 4) is 0 Å². The Morgan fingerprint density at radius 2 is 2.07 bits per heavy atom. The molecule has 3 nitrogen and oxygen atoms in total. The van der Waals surface area contributed by atoms with Crippen molar-refractivity contribution >= 4 is 24.1 Å². The zero-order chi connectivity index (χ0) is 9.68. The van der Waals surface area contributed by atoms with E-state index in [1.54, 1.807) is 0 Å². The molecule has 0 saturated carbocycles. The molecule has 14 heavy (non-hydrogen) atoms. The molecule has 0 radical (unpaired) electrons. The molecule has 0 aliphatic rings. The molecule has 0 aliphatic carbocycles. The molecule has 1 aromatic carbocycles. The van der Waals surface area contributed by atoms with E-state index >= 15 is 0 Å². The van der Waals surface area contributed by atoms with Crippen molar-refractivity contribution in [3.05, 3.63) is 29.8 Å². The van der Waals surface area contributed by atoms with Gasteiger partial charge < -0.3 is 10.4 Å². The quantitative estimate of drug-likeness (QED) is 0.811. The number of carbonyl (C=O) groups is 1. The first-order chi connectivity index (χ1) is 6.20. The van der Waals surface area contributed by atoms with Gasteiger partial charge in [-0.2, -0.15) is 0 Å². The first-order valence-electron chi connectivity index (χ1n) is 4.21. The van der Waals surface area contributed by atoms with Gasteiger partial charge in [0, 0.05) is 12.2 Å². The number of anilines is 1. The summed E-state index contributed by atoms with van der Waals surface area (Å²) in [6.07, 6.45) is 0.147. The van der Waals surface area contributed by atoms with Crippen molar-refractivity contribution in [1.29, 1.82) is 0 Å². The van der Waals surface area contributed by atoms with Gasteiger partial charge in [-0.05, 0) is 18.6 Å². The summed E-state index contributed by atoms with van der Waals surface area (Å²) in [7, 11) is 0. The van der Waals surface area contributed by atoms with Crippen molar-refractivity contribution in [3.63, 3.8) is 0 Å². The van der Waals surface area contributed by atoms with Crippen LogP contribution in [0.1, 0.15) is 12.0 Å². The lowest BCUT2D eigenvalue weighted by atomic mass is 10.2. The van der Waals surface area contributed by atoms with Gasteiger partial charge in [-0.25, -0.2) is 0 Å². The highest BCUT2D eigenvalue weighted by molar-refractivity contribution is 5.85. The Morgan fingerprint density at radius 3 is 2.64 bits per heavy atom. The Kier molecular flexibility index (Phi) is 5.72. The highest BCUT2D eigenvalue weighted by Gasteiger charge is 1.97. The summed E-state index contributed by atoms with van der Waals surface area (Å²) in [5.74, 6) is -0.777. The number of benzene rings is 1. The van der Waals surface area contributed by atoms with Crippen LogP contribution in [0.15, 0.2) is 24.3 Å². The van der Waals surface area contributed by atoms with Crippen LogP contribution in [0.5, 0.6) is 0 Å². The average Bonchev–Trinajstić information content (AvgIpc) is 2.08. The van der Waals surface area contributed by atoms with E-state index in [9.17, 15) is 4.79 Å². The molecule has 0 heterocycles. The molecule has 0 unspecified atom stereocenters. The second-order valence-corrected chi connectivity index (χ2v) is 2.89. The molecule has 0 fully saturated rings. The third-order valence-electron chi connectivity index (χ3n) is 1.80. The molecule has 0 amide bonds. The SMILES string of the molecule is Cc1ccccc1NCCC(=O)O.Cl. The number of rotatable bonds is 4. The van der Waals surface area contributed by atoms with Crippen LogP contribution in [-0.2, 0) is 4.79 Å². The summed E-state index contributed by atoms with van der Waals surface area (Å²) in [4.78, 5) is 10.2. The zero-order valence-corrected chi connectivity index (χ0v) is 8.80. The molecule has 0 spiro atoms. The average molecular weight is 216 g/mol. The normalized spacial score (nSPS) is 8.93. The number of para-hydroxylation sites is 1. The zero-order valence-electron chi connectivity index (χ0n) is 7.99. The molecule has 1 rings (SSSR count). The molecule has 0 saturated heterocycles. The third-order valence-corrected chi connectivity index (χ3v) is 1.80. The van der Waals surface area contributed by atoms with Crippen molar-refractivity contribution in [2.45, 2.75) is 13.3 Å². The van der Waals surface area contributed by atoms with Crippen LogP contribution in [0.4, 0.5) is 5.69 Å². The Bertz CT molecular complexity index is 302. The first-order valence-corrected chi connectivity index (χ1v) is 4.21. The van der Waals surface area contributed by atoms with Gasteiger partial charge in [0.05, 0.1) is 6.42 Å². The minimum atomic E-state index is -0.777. The molecule has 0 aliphatic heterocycles. The Labute approximate surface area is 89.5 Å². The van der Waals surface area contributed by atoms with Crippen LogP contribution < -0.4 is 5.32 Å². The maximum atomic E-state index is 10.2. The first kappa shape index (κ1) is 12.8. The van der Waals surface area contributed by atoms with Crippen LogP contribution in [-0.4, -0.2) is 17.6 Å². The maximum Gasteiger partial charge on any atom is 0.305 e. The third kappa shape index (κ3) is 4.14. The van der Waals surface area contributed by atoms with Gasteiger partial charge in [0.1, 0.15) is 0 Å². The molecule has 4 heteroatoms. The molecule has 2 N–H and O–H groups in total. The summed E-state index contributed by atoms with van der Waals surface area (Å²) in [5.41, 5.74) is 2.14. The summed E-state index contributed by atoms with van der Waals surface area (Å²) < 4.78 is 0. The van der Waals surface area contributed by atoms with Crippen LogP contribution >= 0.6 is 12.4 Å². The predicted octanol–water partition coefficient (Wildman–Crippen LogP) is 2.30. The van der Waals surface area contributed by atoms with Crippen LogP contribution in [0, 0.1) is 6.92 Å². The Balaban J connectivity index is 0.00000169. The minimum Gasteiger partial charge on any atom is -0.481 e. The maximum absolute atomic E-state index is 10.2. The van der Waals surface area contributed by atoms with Crippen molar-refractivity contribution in [2.24, 2.45) is 0 Å². The van der Waals surface area contributed by atoms with E-state index in [0.717, 1.165) is 11.3 Å². The second-order valence-electron chi connectivity index (χ2n) is 2.89. The summed E-state index contributed by atoms with van der Waals surface area (Å²) in [5, 5.41) is 11.5. The van der Waals surface area contributed by atoms with Gasteiger partial charge >= 0.3 is 5.97 Å². The summed E-state index contributed by atoms with van der Waals surface area (Å²) in [6, 6.07) is 7.81. The molecule has 1 aromatic rings. The van der Waals surface area contributed by atoms with Crippen LogP contribution in [0.2, 0.25) is 0 Å². The summed E-state index contributed by atoms with van der Waals surface area (Å²) >= 11 is 0. The second kappa shape index (κ2) is 6.27. The van der Waals surface area contributed by atoms with Crippen molar-refractivity contribution < 1.29 is 9.90 Å². The van der Waals surface area contributed by atoms with Crippen molar-refractivity contribution in [1.82, 2.24) is 0 Å². The van der Waals surface area contributed by atoms with Gasteiger partial charge in [-0.15, -0.1) is 12.4 Å². The smallest absolute Gasteiger partial charge is 0.305 e. The van der Waals surface area contributed by atoms with Crippen LogP contribution in [0.3, 0.4) is 0 Å². The van der Waals surface area contributed by atoms with Gasteiger partial charge in [0.25, 0.3) is 0 Å². The van der Waals surface area contributed by atoms with E-state index in [0.29, 0.717) is 6.54 Å². The van der Waals surface area contributed by atoms with E-state index in [1.807, 2.05) is 31.2 Å². The lowest BCUT2D eigenvalue weighted by molar-refractivity contribution is -0.136. The standard InChI is InChI=1S/C10H13NO2.ClH/c1-8-4-2-3-5-9(8)11-7-6-10(12)13;/h2-5,11H,6-7H2,1H3,(H,12,13);1H. The number of hydrogen-bond acceptors (Lipinski definition) is 2. The highest BCUT2D eigenvalue weighted by atomic mass is 35.5. The number of hydrogen-bond donors (Lipinski definition) is 2. The number of carboxylic acids is 1. The van der Waals surface area contributed by atoms with E-state index in [2.05, 4.69) is 5.32 Å². The van der Waals surface area contributed by atoms with E-state index < -0.39 is 5.97 Å². The highest BCUT2D eigenvalue weighted by Crippen LogP contribution is 2.12. The summed E-state index contributed by atoms with van der Waals surface area (Å²) in [6.45, 7) is 2.46. The predicted molar refractivity (Wildman–Crippen MR) is 59.2 cm³/mol. The molecule has 78 valence electrons. The minimum absolute atomic E-state index is 0. The van der Waals surface area contributed by atoms with Gasteiger partial charge in [0.2, 0.25) is 0 Å². The number of aryl methyl sites for hydroxylation is 1. The number of carboxylic acid groups (broad SMARTS) is 1. The largest absolute Gasteiger partial charge is 0.481 e. The number of aliphatic carboxylic acids is 1. The van der Waals surface area contributed by atoms with Crippen molar-refractivity contribution in [2.75, 3.05) is 11.9 Å². The fourth-order valence-corrected chi connectivity index (χ4v) is 1.08. The topological polar surface area (TPSA) is 49.3 Å². The van der Waals surface area contributed by atoms with Gasteiger partial charge in [-0.1, -0.05) is 18.2 Å². The molecular formula is C10H14ClNO2. The molecule has 0 bridgehead atoms. The fourth-order valence-electron chi connectivity index (χ4n) is 1.08. The monoisotopic (exact) mass is 215 g/mol. The molecule has 0 aromatic heterocycles. The molecule has 0 atom stereocenters. The van der Waals surface area contributed by atoms with E-state index in [1.165, 1.54) is 0 Å². The Morgan fingerprint density at radius 1 is 1.43 bits per heavy atom.